The van der Waals surface area contributed by atoms with E-state index in [-0.39, 0.29) is 5.41 Å². The van der Waals surface area contributed by atoms with E-state index in [0.717, 1.165) is 36.0 Å². The van der Waals surface area contributed by atoms with E-state index in [9.17, 15) is 4.79 Å². The summed E-state index contributed by atoms with van der Waals surface area (Å²) in [5.41, 5.74) is 0.965. The first-order valence-corrected chi connectivity index (χ1v) is 6.95. The van der Waals surface area contributed by atoms with Gasteiger partial charge in [-0.25, -0.2) is 0 Å². The van der Waals surface area contributed by atoms with Crippen molar-refractivity contribution in [3.8, 4) is 0 Å². The van der Waals surface area contributed by atoms with Crippen LogP contribution in [-0.2, 0) is 11.2 Å². The zero-order valence-electron chi connectivity index (χ0n) is 10.1. The van der Waals surface area contributed by atoms with E-state index in [1.165, 1.54) is 0 Å². The molecule has 0 bridgehead atoms. The molecule has 1 heterocycles. The van der Waals surface area contributed by atoms with Crippen LogP contribution in [0.15, 0.2) is 28.7 Å². The van der Waals surface area contributed by atoms with Crippen LogP contribution >= 0.6 is 15.9 Å². The average molecular weight is 296 g/mol. The van der Waals surface area contributed by atoms with Crippen molar-refractivity contribution in [2.45, 2.75) is 26.2 Å². The normalized spacial score (nSPS) is 23.9. The molecule has 1 aromatic rings. The molecule has 0 spiro atoms. The van der Waals surface area contributed by atoms with Crippen molar-refractivity contribution in [3.05, 3.63) is 34.3 Å². The Morgan fingerprint density at radius 3 is 2.82 bits per heavy atom. The van der Waals surface area contributed by atoms with Gasteiger partial charge in [0.2, 0.25) is 0 Å². The Labute approximate surface area is 111 Å². The van der Waals surface area contributed by atoms with E-state index in [0.29, 0.717) is 12.2 Å². The second-order valence-corrected chi connectivity index (χ2v) is 5.61. The third-order valence-electron chi connectivity index (χ3n) is 3.82. The first-order chi connectivity index (χ1) is 8.18. The lowest BCUT2D eigenvalue weighted by atomic mass is 9.78. The molecular formula is C14H18BrNO. The molecule has 2 nitrogen and oxygen atoms in total. The van der Waals surface area contributed by atoms with Gasteiger partial charge in [0.25, 0.3) is 0 Å². The molecule has 2 rings (SSSR count). The predicted octanol–water partition coefficient (Wildman–Crippen LogP) is 2.95. The Morgan fingerprint density at radius 1 is 1.47 bits per heavy atom. The van der Waals surface area contributed by atoms with E-state index in [2.05, 4.69) is 28.2 Å². The van der Waals surface area contributed by atoms with E-state index in [1.54, 1.807) is 0 Å². The Hall–Kier alpha value is -0.670. The molecular weight excluding hydrogens is 278 g/mol. The van der Waals surface area contributed by atoms with Gasteiger partial charge in [0.15, 0.2) is 0 Å². The van der Waals surface area contributed by atoms with Crippen molar-refractivity contribution in [2.75, 3.05) is 13.1 Å². The molecule has 1 N–H and O–H groups in total. The van der Waals surface area contributed by atoms with Crippen molar-refractivity contribution < 1.29 is 4.79 Å². The van der Waals surface area contributed by atoms with Gasteiger partial charge in [0, 0.05) is 22.9 Å². The molecule has 0 radical (unpaired) electrons. The van der Waals surface area contributed by atoms with Gasteiger partial charge in [0.1, 0.15) is 5.78 Å². The molecule has 17 heavy (non-hydrogen) atoms. The Balaban J connectivity index is 2.14. The Bertz CT molecular complexity index is 410. The number of halogens is 1. The highest BCUT2D eigenvalue weighted by molar-refractivity contribution is 9.10. The van der Waals surface area contributed by atoms with Gasteiger partial charge in [-0.15, -0.1) is 0 Å². The van der Waals surface area contributed by atoms with Crippen LogP contribution in [0.5, 0.6) is 0 Å². The largest absolute Gasteiger partial charge is 0.316 e. The summed E-state index contributed by atoms with van der Waals surface area (Å²) in [4.78, 5) is 12.5. The number of hydrogen-bond donors (Lipinski definition) is 1. The van der Waals surface area contributed by atoms with Gasteiger partial charge in [-0.1, -0.05) is 41.1 Å². The topological polar surface area (TPSA) is 29.1 Å². The predicted molar refractivity (Wildman–Crippen MR) is 73.1 cm³/mol. The van der Waals surface area contributed by atoms with E-state index >= 15 is 0 Å². The third kappa shape index (κ3) is 2.61. The van der Waals surface area contributed by atoms with E-state index in [4.69, 9.17) is 0 Å². The maximum Gasteiger partial charge on any atom is 0.144 e. The summed E-state index contributed by atoms with van der Waals surface area (Å²) in [7, 11) is 0. The van der Waals surface area contributed by atoms with Gasteiger partial charge in [-0.3, -0.25) is 4.79 Å². The number of carbonyl (C=O) groups is 1. The summed E-state index contributed by atoms with van der Waals surface area (Å²) in [5.74, 6) is 0.372. The number of hydrogen-bond acceptors (Lipinski definition) is 2. The van der Waals surface area contributed by atoms with E-state index in [1.807, 2.05) is 24.3 Å². The maximum absolute atomic E-state index is 12.5. The summed E-state index contributed by atoms with van der Waals surface area (Å²) < 4.78 is 1.03. The van der Waals surface area contributed by atoms with E-state index < -0.39 is 0 Å². The smallest absolute Gasteiger partial charge is 0.144 e. The standard InChI is InChI=1S/C14H18BrNO/c1-2-14(7-8-16-10-14)13(17)9-11-5-3-4-6-12(11)15/h3-6,16H,2,7-10H2,1H3. The third-order valence-corrected chi connectivity index (χ3v) is 4.59. The highest BCUT2D eigenvalue weighted by Gasteiger charge is 2.38. The molecule has 0 aromatic heterocycles. The van der Waals surface area contributed by atoms with Crippen molar-refractivity contribution >= 4 is 21.7 Å². The fourth-order valence-electron chi connectivity index (χ4n) is 2.48. The van der Waals surface area contributed by atoms with Crippen molar-refractivity contribution in [2.24, 2.45) is 5.41 Å². The van der Waals surface area contributed by atoms with Crippen LogP contribution in [0.2, 0.25) is 0 Å². The highest BCUT2D eigenvalue weighted by atomic mass is 79.9. The van der Waals surface area contributed by atoms with Crippen LogP contribution in [-0.4, -0.2) is 18.9 Å². The lowest BCUT2D eigenvalue weighted by molar-refractivity contribution is -0.127. The molecule has 0 saturated carbocycles. The van der Waals surface area contributed by atoms with Crippen LogP contribution in [0.3, 0.4) is 0 Å². The quantitative estimate of drug-likeness (QED) is 0.925. The highest BCUT2D eigenvalue weighted by Crippen LogP contribution is 2.32. The molecule has 1 aliphatic heterocycles. The molecule has 1 fully saturated rings. The zero-order chi connectivity index (χ0) is 12.3. The van der Waals surface area contributed by atoms with Gasteiger partial charge >= 0.3 is 0 Å². The SMILES string of the molecule is CCC1(C(=O)Cc2ccccc2Br)CCNC1. The molecule has 0 aliphatic carbocycles. The summed E-state index contributed by atoms with van der Waals surface area (Å²) in [6, 6.07) is 7.98. The average Bonchev–Trinajstić information content (AvgIpc) is 2.82. The van der Waals surface area contributed by atoms with Crippen molar-refractivity contribution in [1.82, 2.24) is 5.32 Å². The molecule has 1 aromatic carbocycles. The second kappa shape index (κ2) is 5.32. The van der Waals surface area contributed by atoms with Gasteiger partial charge in [-0.2, -0.15) is 0 Å². The first-order valence-electron chi connectivity index (χ1n) is 6.15. The second-order valence-electron chi connectivity index (χ2n) is 4.75. The van der Waals surface area contributed by atoms with Crippen molar-refractivity contribution in [3.63, 3.8) is 0 Å². The van der Waals surface area contributed by atoms with Gasteiger partial charge in [0.05, 0.1) is 0 Å². The Morgan fingerprint density at radius 2 is 2.24 bits per heavy atom. The van der Waals surface area contributed by atoms with Crippen LogP contribution in [0.1, 0.15) is 25.3 Å². The fourth-order valence-corrected chi connectivity index (χ4v) is 2.91. The first kappa shape index (κ1) is 12.8. The minimum Gasteiger partial charge on any atom is -0.316 e. The van der Waals surface area contributed by atoms with Crippen molar-refractivity contribution in [1.29, 1.82) is 0 Å². The lowest BCUT2D eigenvalue weighted by Crippen LogP contribution is -2.34. The van der Waals surface area contributed by atoms with Crippen LogP contribution in [0, 0.1) is 5.41 Å². The number of Topliss-reactive ketones (excluding diaryl/α,β-unsaturated/α-hetero) is 1. The number of ketones is 1. The molecule has 1 atom stereocenters. The minimum absolute atomic E-state index is 0.130. The summed E-state index contributed by atoms with van der Waals surface area (Å²) >= 11 is 3.51. The minimum atomic E-state index is -0.130. The number of rotatable bonds is 4. The summed E-state index contributed by atoms with van der Waals surface area (Å²) in [5, 5.41) is 3.31. The molecule has 92 valence electrons. The lowest BCUT2D eigenvalue weighted by Gasteiger charge is -2.25. The van der Waals surface area contributed by atoms with Crippen LogP contribution in [0.4, 0.5) is 0 Å². The van der Waals surface area contributed by atoms with Crippen LogP contribution in [0.25, 0.3) is 0 Å². The molecule has 1 saturated heterocycles. The van der Waals surface area contributed by atoms with Crippen LogP contribution < -0.4 is 5.32 Å². The monoisotopic (exact) mass is 295 g/mol. The van der Waals surface area contributed by atoms with Gasteiger partial charge in [-0.05, 0) is 31.0 Å². The number of nitrogens with one attached hydrogen (secondary N) is 1. The number of benzene rings is 1. The number of carbonyl (C=O) groups excluding carboxylic acids is 1. The Kier molecular flexibility index (Phi) is 4.00. The fraction of sp³-hybridized carbons (Fsp3) is 0.500. The zero-order valence-corrected chi connectivity index (χ0v) is 11.7. The maximum atomic E-state index is 12.5. The molecule has 0 amide bonds. The summed E-state index contributed by atoms with van der Waals surface area (Å²) in [6.07, 6.45) is 2.45. The molecule has 1 aliphatic rings. The summed E-state index contributed by atoms with van der Waals surface area (Å²) in [6.45, 7) is 3.92. The van der Waals surface area contributed by atoms with Gasteiger partial charge < -0.3 is 5.32 Å². The molecule has 1 unspecified atom stereocenters. The molecule has 3 heteroatoms.